The van der Waals surface area contributed by atoms with Gasteiger partial charge in [-0.15, -0.1) is 0 Å². The van der Waals surface area contributed by atoms with Crippen molar-refractivity contribution < 1.29 is 14.3 Å². The van der Waals surface area contributed by atoms with Crippen molar-refractivity contribution >= 4 is 5.97 Å². The number of carbonyl (C=O) groups excluding carboxylic acids is 1. The highest BCUT2D eigenvalue weighted by molar-refractivity contribution is 5.75. The van der Waals surface area contributed by atoms with Gasteiger partial charge >= 0.3 is 5.97 Å². The second-order valence-electron chi connectivity index (χ2n) is 5.90. The second-order valence-corrected chi connectivity index (χ2v) is 5.90. The summed E-state index contributed by atoms with van der Waals surface area (Å²) in [6, 6.07) is -0.244. The van der Waals surface area contributed by atoms with Crippen molar-refractivity contribution in [2.24, 2.45) is 0 Å². The smallest absolute Gasteiger partial charge is 0.322 e. The zero-order valence-electron chi connectivity index (χ0n) is 12.2. The molecule has 2 atom stereocenters. The molecule has 0 aromatic rings. The highest BCUT2D eigenvalue weighted by Gasteiger charge is 2.40. The highest BCUT2D eigenvalue weighted by atomic mass is 16.5. The van der Waals surface area contributed by atoms with Crippen molar-refractivity contribution in [1.82, 2.24) is 5.32 Å². The molecule has 4 heteroatoms. The quantitative estimate of drug-likeness (QED) is 0.779. The molecule has 0 aromatic carbocycles. The Morgan fingerprint density at radius 1 is 1.37 bits per heavy atom. The molecule has 1 aliphatic carbocycles. The van der Waals surface area contributed by atoms with Crippen LogP contribution < -0.4 is 5.32 Å². The molecule has 1 spiro atoms. The molecule has 1 aliphatic heterocycles. The Balaban J connectivity index is 1.71. The minimum Gasteiger partial charge on any atom is -0.465 e. The maximum atomic E-state index is 11.5. The molecule has 0 amide bonds. The van der Waals surface area contributed by atoms with Gasteiger partial charge in [-0.3, -0.25) is 4.79 Å². The lowest BCUT2D eigenvalue weighted by atomic mass is 9.83. The van der Waals surface area contributed by atoms with Crippen molar-refractivity contribution in [3.8, 4) is 0 Å². The van der Waals surface area contributed by atoms with Crippen LogP contribution in [0.15, 0.2) is 0 Å². The minimum atomic E-state index is -0.244. The van der Waals surface area contributed by atoms with Crippen LogP contribution in [0.1, 0.15) is 58.8 Å². The third-order valence-electron chi connectivity index (χ3n) is 4.40. The third-order valence-corrected chi connectivity index (χ3v) is 4.40. The van der Waals surface area contributed by atoms with E-state index in [1.807, 2.05) is 13.8 Å². The summed E-state index contributed by atoms with van der Waals surface area (Å²) in [4.78, 5) is 11.5. The van der Waals surface area contributed by atoms with Crippen molar-refractivity contribution in [3.63, 3.8) is 0 Å². The van der Waals surface area contributed by atoms with E-state index in [2.05, 4.69) is 5.32 Å². The fraction of sp³-hybridized carbons (Fsp3) is 0.933. The summed E-state index contributed by atoms with van der Waals surface area (Å²) in [6.07, 6.45) is 8.96. The summed E-state index contributed by atoms with van der Waals surface area (Å²) in [5.41, 5.74) is 0.164. The molecule has 1 N–H and O–H groups in total. The molecular weight excluding hydrogens is 242 g/mol. The van der Waals surface area contributed by atoms with Crippen LogP contribution >= 0.6 is 0 Å². The molecule has 110 valence electrons. The molecule has 4 nitrogen and oxygen atoms in total. The summed E-state index contributed by atoms with van der Waals surface area (Å²) in [6.45, 7) is 4.87. The van der Waals surface area contributed by atoms with Crippen molar-refractivity contribution in [2.45, 2.75) is 76.5 Å². The third kappa shape index (κ3) is 3.93. The monoisotopic (exact) mass is 269 g/mol. The van der Waals surface area contributed by atoms with Gasteiger partial charge in [0, 0.05) is 6.54 Å². The number of carbonyl (C=O) groups is 1. The SMILES string of the molecule is CCOC(=O)C(C)NCC1CCC2(CCCCC2)O1. The van der Waals surface area contributed by atoms with Crippen LogP contribution in [0, 0.1) is 0 Å². The van der Waals surface area contributed by atoms with Crippen LogP contribution in [0.25, 0.3) is 0 Å². The normalized spacial score (nSPS) is 27.4. The predicted molar refractivity (Wildman–Crippen MR) is 74.0 cm³/mol. The van der Waals surface area contributed by atoms with E-state index >= 15 is 0 Å². The molecule has 0 aromatic heterocycles. The second kappa shape index (κ2) is 6.71. The van der Waals surface area contributed by atoms with Crippen LogP contribution in [-0.2, 0) is 14.3 Å². The number of ether oxygens (including phenoxy) is 2. The molecule has 1 saturated carbocycles. The van der Waals surface area contributed by atoms with Gasteiger partial charge in [-0.25, -0.2) is 0 Å². The lowest BCUT2D eigenvalue weighted by molar-refractivity contribution is -0.145. The fourth-order valence-corrected chi connectivity index (χ4v) is 3.26. The van der Waals surface area contributed by atoms with Gasteiger partial charge in [0.05, 0.1) is 18.3 Å². The Bertz CT molecular complexity index is 300. The predicted octanol–water partition coefficient (Wildman–Crippen LogP) is 2.41. The lowest BCUT2D eigenvalue weighted by Crippen LogP contribution is -2.41. The Labute approximate surface area is 116 Å². The number of hydrogen-bond donors (Lipinski definition) is 1. The molecule has 2 fully saturated rings. The summed E-state index contributed by atoms with van der Waals surface area (Å²) in [7, 11) is 0. The number of esters is 1. The van der Waals surface area contributed by atoms with E-state index in [-0.39, 0.29) is 23.7 Å². The first-order chi connectivity index (χ1) is 9.15. The first-order valence-corrected chi connectivity index (χ1v) is 7.73. The topological polar surface area (TPSA) is 47.6 Å². The molecular formula is C15H27NO3. The van der Waals surface area contributed by atoms with Gasteiger partial charge in [0.15, 0.2) is 0 Å². The van der Waals surface area contributed by atoms with Gasteiger partial charge in [0.25, 0.3) is 0 Å². The van der Waals surface area contributed by atoms with E-state index < -0.39 is 0 Å². The van der Waals surface area contributed by atoms with E-state index in [0.29, 0.717) is 6.61 Å². The Hall–Kier alpha value is -0.610. The van der Waals surface area contributed by atoms with Gasteiger partial charge in [-0.2, -0.15) is 0 Å². The summed E-state index contributed by atoms with van der Waals surface area (Å²) < 4.78 is 11.3. The first-order valence-electron chi connectivity index (χ1n) is 7.73. The molecule has 2 unspecified atom stereocenters. The molecule has 2 rings (SSSR count). The van der Waals surface area contributed by atoms with E-state index in [4.69, 9.17) is 9.47 Å². The van der Waals surface area contributed by atoms with E-state index in [1.54, 1.807) is 0 Å². The maximum Gasteiger partial charge on any atom is 0.322 e. The standard InChI is InChI=1S/C15H27NO3/c1-3-18-14(17)12(2)16-11-13-7-10-15(19-13)8-5-4-6-9-15/h12-13,16H,3-11H2,1-2H3. The van der Waals surface area contributed by atoms with E-state index in [0.717, 1.165) is 13.0 Å². The van der Waals surface area contributed by atoms with Crippen LogP contribution in [0.5, 0.6) is 0 Å². The largest absolute Gasteiger partial charge is 0.465 e. The first kappa shape index (κ1) is 14.8. The number of nitrogens with one attached hydrogen (secondary N) is 1. The van der Waals surface area contributed by atoms with Gasteiger partial charge in [0.2, 0.25) is 0 Å². The molecule has 1 heterocycles. The van der Waals surface area contributed by atoms with Crippen LogP contribution in [0.3, 0.4) is 0 Å². The fourth-order valence-electron chi connectivity index (χ4n) is 3.26. The molecule has 0 bridgehead atoms. The number of hydrogen-bond acceptors (Lipinski definition) is 4. The average Bonchev–Trinajstić information content (AvgIpc) is 2.80. The van der Waals surface area contributed by atoms with Gasteiger partial charge in [-0.05, 0) is 39.5 Å². The summed E-state index contributed by atoms with van der Waals surface area (Å²) in [5.74, 6) is -0.173. The van der Waals surface area contributed by atoms with E-state index in [1.165, 1.54) is 38.5 Å². The maximum absolute atomic E-state index is 11.5. The number of rotatable bonds is 5. The molecule has 0 radical (unpaired) electrons. The Morgan fingerprint density at radius 2 is 2.11 bits per heavy atom. The van der Waals surface area contributed by atoms with Crippen molar-refractivity contribution in [3.05, 3.63) is 0 Å². The average molecular weight is 269 g/mol. The zero-order chi connectivity index (χ0) is 13.7. The Kier molecular flexibility index (Phi) is 5.22. The molecule has 1 saturated heterocycles. The van der Waals surface area contributed by atoms with Gasteiger partial charge in [0.1, 0.15) is 6.04 Å². The molecule has 2 aliphatic rings. The van der Waals surface area contributed by atoms with Crippen LogP contribution in [0.2, 0.25) is 0 Å². The minimum absolute atomic E-state index is 0.164. The lowest BCUT2D eigenvalue weighted by Gasteiger charge is -2.33. The van der Waals surface area contributed by atoms with Gasteiger partial charge in [-0.1, -0.05) is 19.3 Å². The van der Waals surface area contributed by atoms with Gasteiger partial charge < -0.3 is 14.8 Å². The summed E-state index contributed by atoms with van der Waals surface area (Å²) >= 11 is 0. The van der Waals surface area contributed by atoms with Crippen LogP contribution in [-0.4, -0.2) is 36.9 Å². The molecule has 19 heavy (non-hydrogen) atoms. The summed E-state index contributed by atoms with van der Waals surface area (Å²) in [5, 5.41) is 3.23. The van der Waals surface area contributed by atoms with E-state index in [9.17, 15) is 4.79 Å². The van der Waals surface area contributed by atoms with Crippen molar-refractivity contribution in [1.29, 1.82) is 0 Å². The van der Waals surface area contributed by atoms with Crippen molar-refractivity contribution in [2.75, 3.05) is 13.2 Å². The Morgan fingerprint density at radius 3 is 2.79 bits per heavy atom. The zero-order valence-corrected chi connectivity index (χ0v) is 12.2. The van der Waals surface area contributed by atoms with Crippen LogP contribution in [0.4, 0.5) is 0 Å². The highest BCUT2D eigenvalue weighted by Crippen LogP contribution is 2.41.